The second kappa shape index (κ2) is 15.3. The molecule has 1 aromatic heterocycles. The van der Waals surface area contributed by atoms with Crippen molar-refractivity contribution in [2.75, 3.05) is 39.3 Å². The predicted octanol–water partition coefficient (Wildman–Crippen LogP) is 8.85. The fourth-order valence-corrected chi connectivity index (χ4v) is 8.30. The van der Waals surface area contributed by atoms with E-state index in [2.05, 4.69) is 21.9 Å². The lowest BCUT2D eigenvalue weighted by Crippen LogP contribution is -2.40. The van der Waals surface area contributed by atoms with Crippen LogP contribution in [0, 0.1) is 0 Å². The van der Waals surface area contributed by atoms with Crippen LogP contribution in [0.4, 0.5) is 0 Å². The lowest BCUT2D eigenvalue weighted by atomic mass is 9.93. The average Bonchev–Trinajstić information content (AvgIpc) is 3.72. The van der Waals surface area contributed by atoms with Crippen molar-refractivity contribution in [3.8, 4) is 27.7 Å². The van der Waals surface area contributed by atoms with E-state index in [9.17, 15) is 10.2 Å². The highest BCUT2D eigenvalue weighted by Crippen LogP contribution is 2.41. The van der Waals surface area contributed by atoms with Gasteiger partial charge in [0.1, 0.15) is 23.9 Å². The molecule has 0 unspecified atom stereocenters. The van der Waals surface area contributed by atoms with Gasteiger partial charge in [0.25, 0.3) is 0 Å². The van der Waals surface area contributed by atoms with Gasteiger partial charge in [-0.3, -0.25) is 4.90 Å². The van der Waals surface area contributed by atoms with Gasteiger partial charge in [-0.05, 0) is 142 Å². The highest BCUT2D eigenvalue weighted by atomic mass is 32.1. The van der Waals surface area contributed by atoms with Crippen LogP contribution in [0.15, 0.2) is 66.7 Å². The first-order valence-electron chi connectivity index (χ1n) is 16.8. The van der Waals surface area contributed by atoms with E-state index < -0.39 is 0 Å². The molecular weight excluding hydrogens is 564 g/mol. The van der Waals surface area contributed by atoms with Crippen molar-refractivity contribution in [1.82, 2.24) is 9.80 Å². The van der Waals surface area contributed by atoms with Crippen LogP contribution in [0.1, 0.15) is 75.3 Å². The van der Waals surface area contributed by atoms with Crippen molar-refractivity contribution in [2.45, 2.75) is 76.7 Å². The minimum absolute atomic E-state index is 0.266. The Balaban J connectivity index is 0.000000238. The maximum absolute atomic E-state index is 10.1. The third-order valence-corrected chi connectivity index (χ3v) is 10.8. The van der Waals surface area contributed by atoms with Crippen LogP contribution in [0.3, 0.4) is 0 Å². The van der Waals surface area contributed by atoms with Gasteiger partial charge in [-0.1, -0.05) is 37.8 Å². The summed E-state index contributed by atoms with van der Waals surface area (Å²) in [6.45, 7) is 6.86. The molecule has 0 atom stereocenters. The highest BCUT2D eigenvalue weighted by molar-refractivity contribution is 7.22. The first-order valence-corrected chi connectivity index (χ1v) is 17.7. The first-order chi connectivity index (χ1) is 21.6. The fourth-order valence-electron chi connectivity index (χ4n) is 7.09. The van der Waals surface area contributed by atoms with Gasteiger partial charge in [-0.25, -0.2) is 0 Å². The average molecular weight is 613 g/mol. The molecule has 0 bridgehead atoms. The quantitative estimate of drug-likeness (QED) is 0.208. The van der Waals surface area contributed by atoms with E-state index in [-0.39, 0.29) is 11.5 Å². The molecule has 3 fully saturated rings. The zero-order valence-corrected chi connectivity index (χ0v) is 26.9. The summed E-state index contributed by atoms with van der Waals surface area (Å²) in [4.78, 5) is 6.40. The van der Waals surface area contributed by atoms with Gasteiger partial charge in [0, 0.05) is 27.5 Å². The Morgan fingerprint density at radius 3 is 2.09 bits per heavy atom. The minimum Gasteiger partial charge on any atom is -0.508 e. The molecule has 6 heteroatoms. The summed E-state index contributed by atoms with van der Waals surface area (Å²) in [6.07, 6.45) is 15.2. The van der Waals surface area contributed by atoms with E-state index in [4.69, 9.17) is 4.74 Å². The Labute approximate surface area is 267 Å². The SMILES string of the molecule is C1CCC(N2CCCCC2)CC1.Oc1ccc(Cc2c(-c3ccc(OCCN4CCCC4)cc3)sc3ccc(O)cc23)cc1. The molecule has 0 radical (unpaired) electrons. The monoisotopic (exact) mass is 612 g/mol. The molecule has 3 heterocycles. The number of fused-ring (bicyclic) bond motifs is 1. The smallest absolute Gasteiger partial charge is 0.119 e. The van der Waals surface area contributed by atoms with Crippen LogP contribution in [0.5, 0.6) is 17.2 Å². The van der Waals surface area contributed by atoms with Gasteiger partial charge >= 0.3 is 0 Å². The lowest BCUT2D eigenvalue weighted by Gasteiger charge is -2.36. The van der Waals surface area contributed by atoms with Gasteiger partial charge in [0.15, 0.2) is 0 Å². The molecule has 3 aliphatic rings. The Morgan fingerprint density at radius 2 is 1.36 bits per heavy atom. The number of likely N-dealkylation sites (tertiary alicyclic amines) is 2. The van der Waals surface area contributed by atoms with Gasteiger partial charge in [0.05, 0.1) is 0 Å². The van der Waals surface area contributed by atoms with E-state index in [1.54, 1.807) is 29.5 Å². The van der Waals surface area contributed by atoms with E-state index in [0.29, 0.717) is 6.61 Å². The summed E-state index contributed by atoms with van der Waals surface area (Å²) in [5.41, 5.74) is 3.45. The molecule has 1 aliphatic carbocycles. The number of thiophene rings is 1. The molecular formula is C38H48N2O3S. The van der Waals surface area contributed by atoms with Crippen LogP contribution in [-0.4, -0.2) is 65.4 Å². The second-order valence-electron chi connectivity index (χ2n) is 12.7. The Morgan fingerprint density at radius 1 is 0.705 bits per heavy atom. The number of phenols is 2. The third kappa shape index (κ3) is 8.15. The molecule has 4 aromatic rings. The fraction of sp³-hybridized carbons (Fsp3) is 0.474. The standard InChI is InChI=1S/C27H27NO3S.C11H21N/c29-21-7-3-19(4-8-21)17-25-24-18-22(30)9-12-26(24)32-27(25)20-5-10-23(11-6-20)31-16-15-28-13-1-2-14-28;1-3-7-11(8-4-1)12-9-5-2-6-10-12/h3-12,18,29-30H,1-2,13-17H2;11H,1-10H2. The molecule has 3 aromatic carbocycles. The molecule has 5 nitrogen and oxygen atoms in total. The Bertz CT molecular complexity index is 1430. The molecule has 7 rings (SSSR count). The van der Waals surface area contributed by atoms with Crippen molar-refractivity contribution < 1.29 is 14.9 Å². The molecule has 2 aliphatic heterocycles. The molecule has 2 N–H and O–H groups in total. The largest absolute Gasteiger partial charge is 0.508 e. The van der Waals surface area contributed by atoms with E-state index >= 15 is 0 Å². The number of nitrogens with zero attached hydrogens (tertiary/aromatic N) is 2. The van der Waals surface area contributed by atoms with Gasteiger partial charge in [-0.2, -0.15) is 0 Å². The second-order valence-corrected chi connectivity index (χ2v) is 13.8. The van der Waals surface area contributed by atoms with E-state index in [0.717, 1.165) is 46.0 Å². The normalized spacial score (nSPS) is 18.3. The zero-order valence-electron chi connectivity index (χ0n) is 26.1. The first kappa shape index (κ1) is 30.9. The van der Waals surface area contributed by atoms with Gasteiger partial charge < -0.3 is 19.8 Å². The Hall–Kier alpha value is -3.06. The number of aromatic hydroxyl groups is 2. The predicted molar refractivity (Wildman–Crippen MR) is 183 cm³/mol. The molecule has 234 valence electrons. The maximum atomic E-state index is 10.1. The van der Waals surface area contributed by atoms with Crippen molar-refractivity contribution in [3.05, 3.63) is 77.9 Å². The summed E-state index contributed by atoms with van der Waals surface area (Å²) < 4.78 is 7.13. The number of benzene rings is 3. The number of hydrogen-bond acceptors (Lipinski definition) is 6. The number of ether oxygens (including phenoxy) is 1. The highest BCUT2D eigenvalue weighted by Gasteiger charge is 2.22. The van der Waals surface area contributed by atoms with Gasteiger partial charge in [0.2, 0.25) is 0 Å². The number of rotatable bonds is 8. The topological polar surface area (TPSA) is 56.2 Å². The molecule has 0 spiro atoms. The third-order valence-electron chi connectivity index (χ3n) is 9.56. The van der Waals surface area contributed by atoms with Crippen LogP contribution in [0.25, 0.3) is 20.5 Å². The minimum atomic E-state index is 0.266. The zero-order chi connectivity index (χ0) is 30.1. The summed E-state index contributed by atoms with van der Waals surface area (Å²) in [5.74, 6) is 1.43. The van der Waals surface area contributed by atoms with Crippen molar-refractivity contribution >= 4 is 21.4 Å². The molecule has 1 saturated carbocycles. The number of piperidine rings is 1. The number of hydrogen-bond donors (Lipinski definition) is 2. The Kier molecular flexibility index (Phi) is 10.8. The number of phenolic OH excluding ortho intramolecular Hbond substituents is 2. The van der Waals surface area contributed by atoms with Crippen LogP contribution >= 0.6 is 11.3 Å². The van der Waals surface area contributed by atoms with E-state index in [1.165, 1.54) is 101 Å². The van der Waals surface area contributed by atoms with Gasteiger partial charge in [-0.15, -0.1) is 11.3 Å². The maximum Gasteiger partial charge on any atom is 0.119 e. The van der Waals surface area contributed by atoms with Crippen molar-refractivity contribution in [1.29, 1.82) is 0 Å². The van der Waals surface area contributed by atoms with Crippen LogP contribution in [-0.2, 0) is 6.42 Å². The summed E-state index contributed by atoms with van der Waals surface area (Å²) in [5, 5.41) is 20.8. The van der Waals surface area contributed by atoms with E-state index in [1.807, 2.05) is 36.4 Å². The molecule has 0 amide bonds. The molecule has 2 saturated heterocycles. The van der Waals surface area contributed by atoms with Crippen LogP contribution < -0.4 is 4.74 Å². The lowest BCUT2D eigenvalue weighted by molar-refractivity contribution is 0.131. The molecule has 44 heavy (non-hydrogen) atoms. The van der Waals surface area contributed by atoms with Crippen LogP contribution in [0.2, 0.25) is 0 Å². The summed E-state index contributed by atoms with van der Waals surface area (Å²) >= 11 is 1.74. The van der Waals surface area contributed by atoms with Crippen molar-refractivity contribution in [3.63, 3.8) is 0 Å². The summed E-state index contributed by atoms with van der Waals surface area (Å²) in [7, 11) is 0. The summed E-state index contributed by atoms with van der Waals surface area (Å²) in [6, 6.07) is 22.2. The van der Waals surface area contributed by atoms with Crippen molar-refractivity contribution in [2.24, 2.45) is 0 Å².